The summed E-state index contributed by atoms with van der Waals surface area (Å²) >= 11 is 0. The van der Waals surface area contributed by atoms with Crippen LogP contribution in [0.2, 0.25) is 0 Å². The molecule has 1 aliphatic carbocycles. The lowest BCUT2D eigenvalue weighted by Crippen LogP contribution is -2.44. The van der Waals surface area contributed by atoms with E-state index in [1.165, 1.54) is 6.26 Å². The summed E-state index contributed by atoms with van der Waals surface area (Å²) in [5, 5.41) is 14.2. The van der Waals surface area contributed by atoms with E-state index in [1.54, 1.807) is 18.2 Å². The van der Waals surface area contributed by atoms with Crippen molar-refractivity contribution in [1.82, 2.24) is 5.32 Å². The van der Waals surface area contributed by atoms with Crippen molar-refractivity contribution >= 4 is 8.03 Å². The van der Waals surface area contributed by atoms with Crippen LogP contribution in [0.1, 0.15) is 24.4 Å². The van der Waals surface area contributed by atoms with Gasteiger partial charge in [-0.3, -0.25) is 0 Å². The molecule has 136 valence electrons. The third-order valence-corrected chi connectivity index (χ3v) is 6.01. The van der Waals surface area contributed by atoms with Gasteiger partial charge in [0.2, 0.25) is 5.31 Å². The van der Waals surface area contributed by atoms with Crippen LogP contribution in [0.3, 0.4) is 0 Å². The molecular formula is C20H23NO4P+. The standard InChI is InChI=1S/C20H22NO4P/c1-20(21-2,15-7-4-3-5-8-15)16-11-10-14(13-18(16)26(23)24)19(22)17-9-6-12-25-17/h3-14,16,19,21-22H,1-2H3/p+1/t14?,16?,19-,20+/m0/s1. The predicted molar refractivity (Wildman–Crippen MR) is 101 cm³/mol. The Balaban J connectivity index is 1.97. The van der Waals surface area contributed by atoms with Crippen LogP contribution in [0, 0.1) is 11.8 Å². The zero-order valence-corrected chi connectivity index (χ0v) is 15.6. The Bertz CT molecular complexity index is 816. The van der Waals surface area contributed by atoms with E-state index in [0.717, 1.165) is 5.56 Å². The van der Waals surface area contributed by atoms with Crippen LogP contribution in [-0.2, 0) is 10.1 Å². The molecule has 3 rings (SSSR count). The number of hydrogen-bond donors (Lipinski definition) is 3. The molecule has 1 heterocycles. The first kappa shape index (κ1) is 18.7. The maximum Gasteiger partial charge on any atom is 0.541 e. The van der Waals surface area contributed by atoms with E-state index in [0.29, 0.717) is 11.1 Å². The summed E-state index contributed by atoms with van der Waals surface area (Å²) in [7, 11) is -0.709. The first-order valence-electron chi connectivity index (χ1n) is 8.49. The maximum absolute atomic E-state index is 12.1. The van der Waals surface area contributed by atoms with E-state index in [1.807, 2.05) is 56.5 Å². The minimum Gasteiger partial charge on any atom is -0.467 e. The van der Waals surface area contributed by atoms with Crippen LogP contribution >= 0.6 is 8.03 Å². The van der Waals surface area contributed by atoms with Crippen molar-refractivity contribution in [3.8, 4) is 0 Å². The molecule has 0 spiro atoms. The number of rotatable bonds is 6. The van der Waals surface area contributed by atoms with Crippen molar-refractivity contribution in [2.24, 2.45) is 11.8 Å². The van der Waals surface area contributed by atoms with Crippen molar-refractivity contribution in [3.63, 3.8) is 0 Å². The van der Waals surface area contributed by atoms with Gasteiger partial charge in [0, 0.05) is 5.92 Å². The third kappa shape index (κ3) is 3.44. The first-order chi connectivity index (χ1) is 12.5. The van der Waals surface area contributed by atoms with E-state index in [2.05, 4.69) is 5.32 Å². The first-order valence-corrected chi connectivity index (χ1v) is 9.70. The second-order valence-corrected chi connectivity index (χ2v) is 7.65. The topological polar surface area (TPSA) is 82.7 Å². The summed E-state index contributed by atoms with van der Waals surface area (Å²) in [5.74, 6) is -0.305. The molecule has 5 nitrogen and oxygen atoms in total. The minimum absolute atomic E-state index is 0.316. The predicted octanol–water partition coefficient (Wildman–Crippen LogP) is 3.87. The van der Waals surface area contributed by atoms with Gasteiger partial charge < -0.3 is 14.8 Å². The van der Waals surface area contributed by atoms with Gasteiger partial charge >= 0.3 is 8.03 Å². The quantitative estimate of drug-likeness (QED) is 0.530. The highest BCUT2D eigenvalue weighted by Gasteiger charge is 2.45. The van der Waals surface area contributed by atoms with Gasteiger partial charge in [-0.2, -0.15) is 4.89 Å². The van der Waals surface area contributed by atoms with Gasteiger partial charge in [0.25, 0.3) is 0 Å². The van der Waals surface area contributed by atoms with Gasteiger partial charge in [-0.1, -0.05) is 42.5 Å². The van der Waals surface area contributed by atoms with Gasteiger partial charge in [0.05, 0.1) is 17.7 Å². The molecule has 0 saturated carbocycles. The molecule has 1 aliphatic rings. The zero-order valence-electron chi connectivity index (χ0n) is 14.7. The van der Waals surface area contributed by atoms with Crippen molar-refractivity contribution < 1.29 is 19.0 Å². The van der Waals surface area contributed by atoms with Crippen molar-refractivity contribution in [3.05, 3.63) is 83.6 Å². The van der Waals surface area contributed by atoms with E-state index >= 15 is 0 Å². The van der Waals surface area contributed by atoms with Gasteiger partial charge in [0.1, 0.15) is 11.9 Å². The van der Waals surface area contributed by atoms with Crippen molar-refractivity contribution in [2.75, 3.05) is 7.05 Å². The van der Waals surface area contributed by atoms with Gasteiger partial charge in [-0.05, 0) is 42.3 Å². The Hall–Kier alpha value is -2.04. The summed E-state index contributed by atoms with van der Waals surface area (Å²) in [6.07, 6.45) is 6.07. The monoisotopic (exact) mass is 372 g/mol. The van der Waals surface area contributed by atoms with E-state index in [9.17, 15) is 14.6 Å². The Labute approximate surface area is 153 Å². The van der Waals surface area contributed by atoms with Gasteiger partial charge in [-0.25, -0.2) is 0 Å². The second kappa shape index (κ2) is 7.68. The highest BCUT2D eigenvalue weighted by atomic mass is 31.1. The van der Waals surface area contributed by atoms with Crippen LogP contribution in [0.5, 0.6) is 0 Å². The fourth-order valence-electron chi connectivity index (χ4n) is 3.47. The van der Waals surface area contributed by atoms with Crippen LogP contribution in [-0.4, -0.2) is 17.0 Å². The van der Waals surface area contributed by atoms with Gasteiger partial charge in [-0.15, -0.1) is 0 Å². The molecule has 0 bridgehead atoms. The largest absolute Gasteiger partial charge is 0.541 e. The molecule has 1 aromatic carbocycles. The molecule has 26 heavy (non-hydrogen) atoms. The Morgan fingerprint density at radius 1 is 1.19 bits per heavy atom. The van der Waals surface area contributed by atoms with Gasteiger partial charge in [0.15, 0.2) is 0 Å². The third-order valence-electron chi connectivity index (χ3n) is 5.14. The Morgan fingerprint density at radius 2 is 1.92 bits per heavy atom. The lowest BCUT2D eigenvalue weighted by molar-refractivity contribution is 0.123. The average molecular weight is 372 g/mol. The molecule has 0 fully saturated rings. The summed E-state index contributed by atoms with van der Waals surface area (Å²) in [6.45, 7) is 2.01. The van der Waals surface area contributed by atoms with Crippen LogP contribution < -0.4 is 5.32 Å². The van der Waals surface area contributed by atoms with E-state index in [4.69, 9.17) is 4.42 Å². The fraction of sp³-hybridized carbons (Fsp3) is 0.300. The zero-order chi connectivity index (χ0) is 18.7. The lowest BCUT2D eigenvalue weighted by Gasteiger charge is -2.36. The summed E-state index contributed by atoms with van der Waals surface area (Å²) in [6, 6.07) is 13.2. The highest BCUT2D eigenvalue weighted by molar-refractivity contribution is 7.43. The summed E-state index contributed by atoms with van der Waals surface area (Å²) in [4.78, 5) is 9.96. The van der Waals surface area contributed by atoms with Crippen molar-refractivity contribution in [2.45, 2.75) is 18.6 Å². The molecule has 3 unspecified atom stereocenters. The summed E-state index contributed by atoms with van der Waals surface area (Å²) < 4.78 is 17.4. The normalized spacial score (nSPS) is 23.8. The van der Waals surface area contributed by atoms with E-state index < -0.39 is 25.6 Å². The smallest absolute Gasteiger partial charge is 0.467 e. The maximum atomic E-state index is 12.1. The number of nitrogens with one attached hydrogen (secondary N) is 1. The van der Waals surface area contributed by atoms with E-state index in [-0.39, 0.29) is 5.92 Å². The molecule has 0 amide bonds. The number of aliphatic hydroxyl groups excluding tert-OH is 1. The number of aliphatic hydroxyl groups is 1. The number of benzene rings is 1. The Kier molecular flexibility index (Phi) is 5.54. The van der Waals surface area contributed by atoms with Crippen LogP contribution in [0.25, 0.3) is 0 Å². The number of hydrogen-bond acceptors (Lipinski definition) is 4. The molecule has 5 atom stereocenters. The molecule has 0 saturated heterocycles. The molecule has 3 N–H and O–H groups in total. The molecule has 1 aromatic heterocycles. The number of furan rings is 1. The SMILES string of the molecule is CN[C@](C)(c1ccccc1)C1C=CC([C@H](O)c2ccco2)C=C1[P+](=O)O. The van der Waals surface area contributed by atoms with Crippen molar-refractivity contribution in [1.29, 1.82) is 0 Å². The van der Waals surface area contributed by atoms with Crippen LogP contribution in [0.15, 0.2) is 76.7 Å². The highest BCUT2D eigenvalue weighted by Crippen LogP contribution is 2.48. The molecular weight excluding hydrogens is 349 g/mol. The molecule has 0 aliphatic heterocycles. The molecule has 2 aromatic rings. The minimum atomic E-state index is -2.55. The summed E-state index contributed by atoms with van der Waals surface area (Å²) in [5.41, 5.74) is 0.461. The fourth-order valence-corrected chi connectivity index (χ4v) is 4.36. The second-order valence-electron chi connectivity index (χ2n) is 6.58. The molecule has 0 radical (unpaired) electrons. The average Bonchev–Trinajstić information content (AvgIpc) is 3.21. The van der Waals surface area contributed by atoms with Crippen LogP contribution in [0.4, 0.5) is 0 Å². The Morgan fingerprint density at radius 3 is 2.50 bits per heavy atom. The molecule has 6 heteroatoms. The lowest BCUT2D eigenvalue weighted by atomic mass is 9.76.